The summed E-state index contributed by atoms with van der Waals surface area (Å²) in [5, 5.41) is 18.2. The number of anilines is 1. The Morgan fingerprint density at radius 1 is 1.31 bits per heavy atom. The maximum atomic E-state index is 12.6. The zero-order valence-electron chi connectivity index (χ0n) is 15.4. The normalized spacial score (nSPS) is 10.4. The number of nitro benzene ring substituents is 1. The lowest BCUT2D eigenvalue weighted by atomic mass is 10.1. The number of nitrogens with one attached hydrogen (secondary N) is 2. The van der Waals surface area contributed by atoms with E-state index in [1.165, 1.54) is 37.5 Å². The molecule has 11 heteroatoms. The van der Waals surface area contributed by atoms with Crippen LogP contribution < -0.4 is 15.4 Å². The highest BCUT2D eigenvalue weighted by Gasteiger charge is 2.19. The molecule has 0 fully saturated rings. The zero-order chi connectivity index (χ0) is 21.0. The first kappa shape index (κ1) is 20.0. The SMILES string of the molecule is COc1ccc([N+](=O)[O-])cc1C(=O)Nc1nc(-c2ccc(CNC(C)=O)o2)cs1. The molecule has 3 rings (SSSR count). The molecule has 0 spiro atoms. The van der Waals surface area contributed by atoms with Crippen molar-refractivity contribution >= 4 is 34.0 Å². The van der Waals surface area contributed by atoms with Crippen molar-refractivity contribution in [1.29, 1.82) is 0 Å². The van der Waals surface area contributed by atoms with E-state index in [2.05, 4.69) is 15.6 Å². The van der Waals surface area contributed by atoms with E-state index >= 15 is 0 Å². The molecule has 0 saturated heterocycles. The van der Waals surface area contributed by atoms with Crippen LogP contribution in [-0.4, -0.2) is 28.8 Å². The molecule has 150 valence electrons. The van der Waals surface area contributed by atoms with Crippen LogP contribution in [0.3, 0.4) is 0 Å². The number of ether oxygens (including phenoxy) is 1. The Morgan fingerprint density at radius 2 is 2.10 bits per heavy atom. The summed E-state index contributed by atoms with van der Waals surface area (Å²) >= 11 is 1.17. The number of aromatic nitrogens is 1. The molecule has 0 bridgehead atoms. The lowest BCUT2D eigenvalue weighted by Crippen LogP contribution is -2.18. The molecule has 1 aromatic carbocycles. The number of amides is 2. The van der Waals surface area contributed by atoms with Gasteiger partial charge in [-0.15, -0.1) is 11.3 Å². The fourth-order valence-electron chi connectivity index (χ4n) is 2.42. The van der Waals surface area contributed by atoms with Crippen LogP contribution in [0.15, 0.2) is 40.1 Å². The minimum Gasteiger partial charge on any atom is -0.496 e. The number of thiazole rings is 1. The smallest absolute Gasteiger partial charge is 0.270 e. The zero-order valence-corrected chi connectivity index (χ0v) is 16.2. The Hall–Kier alpha value is -3.73. The first-order chi connectivity index (χ1) is 13.9. The van der Waals surface area contributed by atoms with Crippen LogP contribution >= 0.6 is 11.3 Å². The number of rotatable bonds is 7. The predicted molar refractivity (Wildman–Crippen MR) is 105 cm³/mol. The molecule has 0 unspecified atom stereocenters. The lowest BCUT2D eigenvalue weighted by molar-refractivity contribution is -0.384. The van der Waals surface area contributed by atoms with E-state index < -0.39 is 10.8 Å². The number of nitro groups is 1. The van der Waals surface area contributed by atoms with Gasteiger partial charge in [0.25, 0.3) is 11.6 Å². The molecule has 0 aliphatic rings. The summed E-state index contributed by atoms with van der Waals surface area (Å²) in [6.45, 7) is 1.67. The lowest BCUT2D eigenvalue weighted by Gasteiger charge is -2.07. The average Bonchev–Trinajstić information content (AvgIpc) is 3.35. The second-order valence-corrected chi connectivity index (χ2v) is 6.67. The minimum absolute atomic E-state index is 0.0223. The fourth-order valence-corrected chi connectivity index (χ4v) is 3.11. The molecular formula is C18H16N4O6S. The highest BCUT2D eigenvalue weighted by Crippen LogP contribution is 2.29. The molecule has 0 saturated carbocycles. The molecule has 2 heterocycles. The van der Waals surface area contributed by atoms with E-state index in [9.17, 15) is 19.7 Å². The highest BCUT2D eigenvalue weighted by atomic mass is 32.1. The van der Waals surface area contributed by atoms with E-state index in [4.69, 9.17) is 9.15 Å². The monoisotopic (exact) mass is 416 g/mol. The number of hydrogen-bond donors (Lipinski definition) is 2. The molecule has 2 aromatic heterocycles. The first-order valence-electron chi connectivity index (χ1n) is 8.30. The van der Waals surface area contributed by atoms with Gasteiger partial charge in [-0.05, 0) is 18.2 Å². The molecule has 2 N–H and O–H groups in total. The fraction of sp³-hybridized carbons (Fsp3) is 0.167. The van der Waals surface area contributed by atoms with Gasteiger partial charge in [-0.1, -0.05) is 0 Å². The van der Waals surface area contributed by atoms with Gasteiger partial charge in [-0.25, -0.2) is 4.98 Å². The van der Waals surface area contributed by atoms with Crippen LogP contribution in [0.1, 0.15) is 23.0 Å². The number of non-ortho nitro benzene ring substituents is 1. The summed E-state index contributed by atoms with van der Waals surface area (Å²) in [5.74, 6) is 0.499. The van der Waals surface area contributed by atoms with E-state index in [1.807, 2.05) is 0 Å². The topological polar surface area (TPSA) is 137 Å². The van der Waals surface area contributed by atoms with Crippen LogP contribution in [0.4, 0.5) is 10.8 Å². The van der Waals surface area contributed by atoms with Crippen molar-refractivity contribution in [2.45, 2.75) is 13.5 Å². The highest BCUT2D eigenvalue weighted by molar-refractivity contribution is 7.14. The van der Waals surface area contributed by atoms with Crippen LogP contribution in [0, 0.1) is 10.1 Å². The number of carbonyl (C=O) groups is 2. The Balaban J connectivity index is 1.75. The quantitative estimate of drug-likeness (QED) is 0.446. The maximum Gasteiger partial charge on any atom is 0.270 e. The van der Waals surface area contributed by atoms with Crippen molar-refractivity contribution < 1.29 is 23.7 Å². The molecule has 0 aliphatic heterocycles. The summed E-state index contributed by atoms with van der Waals surface area (Å²) in [4.78, 5) is 38.2. The summed E-state index contributed by atoms with van der Waals surface area (Å²) in [6, 6.07) is 7.19. The van der Waals surface area contributed by atoms with E-state index in [1.54, 1.807) is 17.5 Å². The summed E-state index contributed by atoms with van der Waals surface area (Å²) in [6.07, 6.45) is 0. The van der Waals surface area contributed by atoms with Gasteiger partial charge in [-0.2, -0.15) is 0 Å². The largest absolute Gasteiger partial charge is 0.496 e. The maximum absolute atomic E-state index is 12.6. The van der Waals surface area contributed by atoms with Gasteiger partial charge in [0, 0.05) is 24.4 Å². The van der Waals surface area contributed by atoms with E-state index in [-0.39, 0.29) is 29.5 Å². The number of methoxy groups -OCH3 is 1. The molecule has 10 nitrogen and oxygen atoms in total. The van der Waals surface area contributed by atoms with Crippen LogP contribution in [0.25, 0.3) is 11.5 Å². The average molecular weight is 416 g/mol. The van der Waals surface area contributed by atoms with Crippen molar-refractivity contribution in [3.8, 4) is 17.2 Å². The third-order valence-electron chi connectivity index (χ3n) is 3.79. The van der Waals surface area contributed by atoms with Crippen LogP contribution in [-0.2, 0) is 11.3 Å². The number of carbonyl (C=O) groups excluding carboxylic acids is 2. The predicted octanol–water partition coefficient (Wildman–Crippen LogP) is 3.21. The van der Waals surface area contributed by atoms with E-state index in [0.29, 0.717) is 22.3 Å². The Bertz CT molecular complexity index is 1070. The van der Waals surface area contributed by atoms with Gasteiger partial charge in [0.2, 0.25) is 5.91 Å². The third kappa shape index (κ3) is 4.76. The van der Waals surface area contributed by atoms with Gasteiger partial charge >= 0.3 is 0 Å². The van der Waals surface area contributed by atoms with Crippen molar-refractivity contribution in [3.63, 3.8) is 0 Å². The van der Waals surface area contributed by atoms with Gasteiger partial charge in [0.15, 0.2) is 10.9 Å². The number of nitrogens with zero attached hydrogens (tertiary/aromatic N) is 2. The molecule has 0 radical (unpaired) electrons. The Labute approximate surface area is 168 Å². The van der Waals surface area contributed by atoms with Crippen LogP contribution in [0.5, 0.6) is 5.75 Å². The Kier molecular flexibility index (Phi) is 5.88. The van der Waals surface area contributed by atoms with Crippen molar-refractivity contribution in [2.24, 2.45) is 0 Å². The summed E-state index contributed by atoms with van der Waals surface area (Å²) in [7, 11) is 1.37. The molecule has 3 aromatic rings. The summed E-state index contributed by atoms with van der Waals surface area (Å²) < 4.78 is 10.7. The second kappa shape index (κ2) is 8.52. The third-order valence-corrected chi connectivity index (χ3v) is 4.55. The molecular weight excluding hydrogens is 400 g/mol. The second-order valence-electron chi connectivity index (χ2n) is 5.81. The molecule has 2 amide bonds. The number of benzene rings is 1. The van der Waals surface area contributed by atoms with Gasteiger partial charge < -0.3 is 14.5 Å². The van der Waals surface area contributed by atoms with Gasteiger partial charge in [-0.3, -0.25) is 25.0 Å². The summed E-state index contributed by atoms with van der Waals surface area (Å²) in [5.41, 5.74) is 0.303. The molecule has 0 aliphatic carbocycles. The van der Waals surface area contributed by atoms with Crippen molar-refractivity contribution in [2.75, 3.05) is 12.4 Å². The first-order valence-corrected chi connectivity index (χ1v) is 9.18. The van der Waals surface area contributed by atoms with Crippen LogP contribution in [0.2, 0.25) is 0 Å². The standard InChI is InChI=1S/C18H16N4O6S/c1-10(23)19-8-12-4-6-16(28-12)14-9-29-18(20-14)21-17(24)13-7-11(22(25)26)3-5-15(13)27-2/h3-7,9H,8H2,1-2H3,(H,19,23)(H,20,21,24). The Morgan fingerprint density at radius 3 is 2.79 bits per heavy atom. The van der Waals surface area contributed by atoms with E-state index in [0.717, 1.165) is 6.07 Å². The minimum atomic E-state index is -0.590. The van der Waals surface area contributed by atoms with Crippen molar-refractivity contribution in [3.05, 3.63) is 57.1 Å². The van der Waals surface area contributed by atoms with Crippen molar-refractivity contribution in [1.82, 2.24) is 10.3 Å². The van der Waals surface area contributed by atoms with Gasteiger partial charge in [0.05, 0.1) is 24.1 Å². The molecule has 29 heavy (non-hydrogen) atoms. The number of furan rings is 1. The number of hydrogen-bond acceptors (Lipinski definition) is 8. The molecule has 0 atom stereocenters. The van der Waals surface area contributed by atoms with Gasteiger partial charge in [0.1, 0.15) is 17.2 Å².